The zero-order valence-corrected chi connectivity index (χ0v) is 29.0. The van der Waals surface area contributed by atoms with Crippen LogP contribution in [0.2, 0.25) is 5.02 Å². The van der Waals surface area contributed by atoms with E-state index in [2.05, 4.69) is 54.0 Å². The van der Waals surface area contributed by atoms with Gasteiger partial charge in [-0.25, -0.2) is 0 Å². The second kappa shape index (κ2) is 14.5. The van der Waals surface area contributed by atoms with Gasteiger partial charge in [-0.15, -0.1) is 23.5 Å². The van der Waals surface area contributed by atoms with Crippen molar-refractivity contribution < 1.29 is 14.6 Å². The number of aromatic nitrogens is 2. The van der Waals surface area contributed by atoms with Gasteiger partial charge in [0.25, 0.3) is 0 Å². The topological polar surface area (TPSA) is 64.3 Å². The Hall–Kier alpha value is -4.17. The fourth-order valence-electron chi connectivity index (χ4n) is 6.38. The van der Waals surface area contributed by atoms with E-state index in [1.165, 1.54) is 32.6 Å². The van der Waals surface area contributed by atoms with Crippen LogP contribution in [0, 0.1) is 0 Å². The Kier molecular flexibility index (Phi) is 9.80. The summed E-state index contributed by atoms with van der Waals surface area (Å²) in [5, 5.41) is 11.8. The molecule has 8 heteroatoms. The SMILES string of the molecule is CC1Cc2c(OCc3ccc(-c4ccccc4)cn3)ccc3c2c(c(CCSc2ccccc2CC(=O)O)n3Cc2ccc(Cl)cc2)S1. The van der Waals surface area contributed by atoms with Gasteiger partial charge in [-0.1, -0.05) is 85.3 Å². The minimum atomic E-state index is -0.813. The predicted molar refractivity (Wildman–Crippen MR) is 198 cm³/mol. The molecule has 1 atom stereocenters. The van der Waals surface area contributed by atoms with E-state index in [4.69, 9.17) is 21.3 Å². The van der Waals surface area contributed by atoms with Gasteiger partial charge in [-0.3, -0.25) is 9.78 Å². The van der Waals surface area contributed by atoms with Crippen LogP contribution in [0.5, 0.6) is 5.75 Å². The second-order valence-corrected chi connectivity index (χ2v) is 15.0. The number of ether oxygens (including phenoxy) is 1. The molecule has 0 bridgehead atoms. The average Bonchev–Trinajstić information content (AvgIpc) is 3.38. The Balaban J connectivity index is 1.20. The number of hydrogen-bond acceptors (Lipinski definition) is 5. The van der Waals surface area contributed by atoms with E-state index in [0.717, 1.165) is 63.2 Å². The van der Waals surface area contributed by atoms with Gasteiger partial charge in [0.1, 0.15) is 12.4 Å². The molecule has 1 unspecified atom stereocenters. The van der Waals surface area contributed by atoms with E-state index in [-0.39, 0.29) is 6.42 Å². The van der Waals surface area contributed by atoms with Crippen molar-refractivity contribution in [3.05, 3.63) is 142 Å². The Morgan fingerprint density at radius 3 is 2.54 bits per heavy atom. The summed E-state index contributed by atoms with van der Waals surface area (Å²) in [6, 6.07) is 34.7. The summed E-state index contributed by atoms with van der Waals surface area (Å²) >= 11 is 9.92. The molecule has 1 N–H and O–H groups in total. The lowest BCUT2D eigenvalue weighted by molar-refractivity contribution is -0.136. The van der Waals surface area contributed by atoms with Crippen LogP contribution in [-0.2, 0) is 37.2 Å². The molecule has 0 amide bonds. The smallest absolute Gasteiger partial charge is 0.307 e. The molecule has 48 heavy (non-hydrogen) atoms. The van der Waals surface area contributed by atoms with Gasteiger partial charge < -0.3 is 14.4 Å². The Morgan fingerprint density at radius 2 is 1.77 bits per heavy atom. The van der Waals surface area contributed by atoms with Gasteiger partial charge in [0.05, 0.1) is 17.6 Å². The number of carboxylic acid groups (broad SMARTS) is 1. The summed E-state index contributed by atoms with van der Waals surface area (Å²) in [7, 11) is 0. The molecule has 0 spiro atoms. The van der Waals surface area contributed by atoms with Crippen LogP contribution in [0.3, 0.4) is 0 Å². The molecular weight excluding hydrogens is 656 g/mol. The molecule has 0 radical (unpaired) electrons. The standard InChI is InChI=1S/C40H35ClN2O3S2/c1-26-21-33-36(46-25-32-16-13-30(23-42-32)28-7-3-2-4-8-28)18-17-34-39(33)40(48-26)35(43(34)24-27-11-14-31(41)15-12-27)19-20-47-37-10-6-5-9-29(37)22-38(44)45/h2-18,23,26H,19-22,24-25H2,1H3,(H,44,45). The lowest BCUT2D eigenvalue weighted by Gasteiger charge is -2.22. The number of halogens is 1. The van der Waals surface area contributed by atoms with Gasteiger partial charge >= 0.3 is 5.97 Å². The predicted octanol–water partition coefficient (Wildman–Crippen LogP) is 9.98. The maximum Gasteiger partial charge on any atom is 0.307 e. The summed E-state index contributed by atoms with van der Waals surface area (Å²) in [5.74, 6) is 0.933. The van der Waals surface area contributed by atoms with Crippen LogP contribution < -0.4 is 4.74 Å². The average molecular weight is 691 g/mol. The van der Waals surface area contributed by atoms with Gasteiger partial charge in [0.15, 0.2) is 0 Å². The Morgan fingerprint density at radius 1 is 0.979 bits per heavy atom. The van der Waals surface area contributed by atoms with Crippen LogP contribution in [0.4, 0.5) is 0 Å². The molecule has 242 valence electrons. The fraction of sp³-hybridized carbons (Fsp3) is 0.200. The molecule has 1 aliphatic rings. The van der Waals surface area contributed by atoms with Crippen LogP contribution in [0.1, 0.15) is 35.0 Å². The first-order valence-electron chi connectivity index (χ1n) is 16.1. The number of carbonyl (C=O) groups is 1. The van der Waals surface area contributed by atoms with Crippen molar-refractivity contribution in [1.29, 1.82) is 0 Å². The van der Waals surface area contributed by atoms with Gasteiger partial charge in [-0.05, 0) is 65.9 Å². The highest BCUT2D eigenvalue weighted by molar-refractivity contribution is 8.00. The number of pyridine rings is 1. The number of nitrogens with zero attached hydrogens (tertiary/aromatic N) is 2. The zero-order valence-electron chi connectivity index (χ0n) is 26.6. The third-order valence-corrected chi connectivity index (χ3v) is 11.3. The number of hydrogen-bond donors (Lipinski definition) is 1. The minimum Gasteiger partial charge on any atom is -0.487 e. The van der Waals surface area contributed by atoms with Crippen LogP contribution >= 0.6 is 35.1 Å². The van der Waals surface area contributed by atoms with Crippen molar-refractivity contribution >= 4 is 52.0 Å². The number of rotatable bonds is 12. The quantitative estimate of drug-likeness (QED) is 0.129. The maximum absolute atomic E-state index is 11.5. The maximum atomic E-state index is 11.5. The largest absolute Gasteiger partial charge is 0.487 e. The molecule has 6 aromatic rings. The Bertz CT molecular complexity index is 2060. The molecule has 3 heterocycles. The van der Waals surface area contributed by atoms with Crippen LogP contribution in [-0.4, -0.2) is 31.6 Å². The highest BCUT2D eigenvalue weighted by Crippen LogP contribution is 2.47. The summed E-state index contributed by atoms with van der Waals surface area (Å²) in [4.78, 5) is 18.5. The van der Waals surface area contributed by atoms with Crippen molar-refractivity contribution in [1.82, 2.24) is 9.55 Å². The highest BCUT2D eigenvalue weighted by Gasteiger charge is 2.29. The molecule has 5 nitrogen and oxygen atoms in total. The third-order valence-electron chi connectivity index (χ3n) is 8.64. The monoisotopic (exact) mass is 690 g/mol. The second-order valence-electron chi connectivity index (χ2n) is 12.0. The van der Waals surface area contributed by atoms with Crippen molar-refractivity contribution in [3.8, 4) is 16.9 Å². The number of aliphatic carboxylic acids is 1. The molecule has 0 aliphatic carbocycles. The van der Waals surface area contributed by atoms with Crippen molar-refractivity contribution in [2.75, 3.05) is 5.75 Å². The van der Waals surface area contributed by atoms with Crippen LogP contribution in [0.25, 0.3) is 22.0 Å². The van der Waals surface area contributed by atoms with Crippen molar-refractivity contribution in [3.63, 3.8) is 0 Å². The lowest BCUT2D eigenvalue weighted by atomic mass is 10.0. The fourth-order valence-corrected chi connectivity index (χ4v) is 8.87. The molecule has 1 aliphatic heterocycles. The Labute approximate surface area is 294 Å². The van der Waals surface area contributed by atoms with E-state index >= 15 is 0 Å². The van der Waals surface area contributed by atoms with E-state index in [1.54, 1.807) is 11.8 Å². The first kappa shape index (κ1) is 32.4. The normalized spacial score (nSPS) is 13.9. The van der Waals surface area contributed by atoms with E-state index in [1.807, 2.05) is 78.6 Å². The van der Waals surface area contributed by atoms with Gasteiger partial charge in [0.2, 0.25) is 0 Å². The first-order chi connectivity index (χ1) is 23.4. The summed E-state index contributed by atoms with van der Waals surface area (Å²) in [6.45, 7) is 3.42. The molecule has 7 rings (SSSR count). The molecule has 2 aromatic heterocycles. The van der Waals surface area contributed by atoms with Gasteiger partial charge in [0, 0.05) is 60.8 Å². The minimum absolute atomic E-state index is 0.0252. The summed E-state index contributed by atoms with van der Waals surface area (Å²) < 4.78 is 8.98. The van der Waals surface area contributed by atoms with E-state index < -0.39 is 5.97 Å². The zero-order chi connectivity index (χ0) is 33.0. The first-order valence-corrected chi connectivity index (χ1v) is 18.3. The highest BCUT2D eigenvalue weighted by atomic mass is 35.5. The van der Waals surface area contributed by atoms with Crippen molar-refractivity contribution in [2.45, 2.75) is 54.4 Å². The third kappa shape index (κ3) is 7.14. The number of carboxylic acids is 1. The lowest BCUT2D eigenvalue weighted by Crippen LogP contribution is -2.10. The van der Waals surface area contributed by atoms with Gasteiger partial charge in [-0.2, -0.15) is 0 Å². The molecule has 0 fully saturated rings. The number of benzene rings is 4. The number of thioether (sulfide) groups is 2. The molecule has 4 aromatic carbocycles. The van der Waals surface area contributed by atoms with E-state index in [9.17, 15) is 9.90 Å². The molecular formula is C40H35ClN2O3S2. The molecule has 0 saturated carbocycles. The van der Waals surface area contributed by atoms with E-state index in [0.29, 0.717) is 11.9 Å². The summed E-state index contributed by atoms with van der Waals surface area (Å²) in [5.41, 5.74) is 8.93. The summed E-state index contributed by atoms with van der Waals surface area (Å²) in [6.07, 6.45) is 3.71. The van der Waals surface area contributed by atoms with Crippen molar-refractivity contribution in [2.24, 2.45) is 0 Å². The molecule has 0 saturated heterocycles. The van der Waals surface area contributed by atoms with Crippen LogP contribution in [0.15, 0.2) is 119 Å².